The molecule has 0 heterocycles. The molecule has 2 N–H and O–H groups in total. The second kappa shape index (κ2) is 7.94. The molecule has 0 aromatic heterocycles. The zero-order valence-corrected chi connectivity index (χ0v) is 13.1. The number of benzene rings is 1. The van der Waals surface area contributed by atoms with E-state index < -0.39 is 14.9 Å². The van der Waals surface area contributed by atoms with Crippen molar-refractivity contribution in [1.29, 1.82) is 0 Å². The highest BCUT2D eigenvalue weighted by atomic mass is 32.2. The van der Waals surface area contributed by atoms with Crippen molar-refractivity contribution in [3.8, 4) is 0 Å². The molecule has 0 aliphatic carbocycles. The van der Waals surface area contributed by atoms with Crippen molar-refractivity contribution in [1.82, 2.24) is 4.72 Å². The smallest absolute Gasteiger partial charge is 0.270 e. The fourth-order valence-electron chi connectivity index (χ4n) is 1.89. The first-order valence-corrected chi connectivity index (χ1v) is 8.36. The van der Waals surface area contributed by atoms with Crippen LogP contribution in [-0.4, -0.2) is 26.9 Å². The van der Waals surface area contributed by atoms with Crippen molar-refractivity contribution >= 4 is 21.4 Å². The van der Waals surface area contributed by atoms with Crippen molar-refractivity contribution in [2.24, 2.45) is 0 Å². The molecule has 0 bridgehead atoms. The van der Waals surface area contributed by atoms with E-state index in [0.29, 0.717) is 12.2 Å². The first-order chi connectivity index (χ1) is 9.92. The summed E-state index contributed by atoms with van der Waals surface area (Å²) in [4.78, 5) is 10.1. The summed E-state index contributed by atoms with van der Waals surface area (Å²) in [6.07, 6.45) is 3.82. The minimum atomic E-state index is -3.76. The summed E-state index contributed by atoms with van der Waals surface area (Å²) in [5.74, 6) is 0. The van der Waals surface area contributed by atoms with Crippen LogP contribution in [0.4, 0.5) is 11.4 Å². The molecule has 0 saturated carbocycles. The summed E-state index contributed by atoms with van der Waals surface area (Å²) in [5, 5.41) is 13.5. The lowest BCUT2D eigenvalue weighted by atomic mass is 10.2. The number of nitro benzene ring substituents is 1. The van der Waals surface area contributed by atoms with Crippen LogP contribution in [0.3, 0.4) is 0 Å². The number of sulfonamides is 1. The molecule has 0 radical (unpaired) electrons. The Morgan fingerprint density at radius 1 is 1.24 bits per heavy atom. The number of nitrogens with one attached hydrogen (secondary N) is 2. The minimum Gasteiger partial charge on any atom is -0.387 e. The number of rotatable bonds is 9. The summed E-state index contributed by atoms with van der Waals surface area (Å²) in [6, 6.07) is 3.73. The third kappa shape index (κ3) is 4.98. The molecule has 7 nitrogen and oxygen atoms in total. The number of unbranched alkanes of at least 4 members (excludes halogenated alkanes) is 3. The number of non-ortho nitro benzene ring substituents is 1. The third-order valence-corrected chi connectivity index (χ3v) is 4.56. The molecule has 0 saturated heterocycles. The Bertz CT molecular complexity index is 587. The maximum atomic E-state index is 12.2. The fraction of sp³-hybridized carbons (Fsp3) is 0.538. The largest absolute Gasteiger partial charge is 0.387 e. The van der Waals surface area contributed by atoms with Crippen LogP contribution in [0.5, 0.6) is 0 Å². The van der Waals surface area contributed by atoms with Crippen molar-refractivity contribution in [3.05, 3.63) is 28.3 Å². The van der Waals surface area contributed by atoms with E-state index in [1.54, 1.807) is 7.05 Å². The number of hydrogen-bond acceptors (Lipinski definition) is 5. The molecular formula is C13H21N3O4S. The second-order valence-corrected chi connectivity index (χ2v) is 6.38. The lowest BCUT2D eigenvalue weighted by molar-refractivity contribution is -0.385. The van der Waals surface area contributed by atoms with Gasteiger partial charge in [-0.3, -0.25) is 10.1 Å². The van der Waals surface area contributed by atoms with Gasteiger partial charge < -0.3 is 5.32 Å². The van der Waals surface area contributed by atoms with Gasteiger partial charge in [0, 0.05) is 25.7 Å². The minimum absolute atomic E-state index is 0.102. The average Bonchev–Trinajstić information content (AvgIpc) is 2.46. The quantitative estimate of drug-likeness (QED) is 0.414. The van der Waals surface area contributed by atoms with E-state index in [1.807, 2.05) is 0 Å². The van der Waals surface area contributed by atoms with Gasteiger partial charge >= 0.3 is 0 Å². The van der Waals surface area contributed by atoms with Gasteiger partial charge in [-0.1, -0.05) is 26.2 Å². The first kappa shape index (κ1) is 17.4. The van der Waals surface area contributed by atoms with E-state index in [1.165, 1.54) is 12.1 Å². The molecule has 0 unspecified atom stereocenters. The molecule has 118 valence electrons. The van der Waals surface area contributed by atoms with Crippen molar-refractivity contribution in [3.63, 3.8) is 0 Å². The maximum absolute atomic E-state index is 12.2. The van der Waals surface area contributed by atoms with E-state index in [4.69, 9.17) is 0 Å². The number of nitro groups is 1. The van der Waals surface area contributed by atoms with Crippen molar-refractivity contribution in [2.75, 3.05) is 18.9 Å². The number of nitrogens with zero attached hydrogens (tertiary/aromatic N) is 1. The van der Waals surface area contributed by atoms with Crippen LogP contribution in [0.2, 0.25) is 0 Å². The Morgan fingerprint density at radius 2 is 1.95 bits per heavy atom. The molecule has 1 rings (SSSR count). The van der Waals surface area contributed by atoms with Crippen LogP contribution in [0.15, 0.2) is 23.1 Å². The summed E-state index contributed by atoms with van der Waals surface area (Å²) >= 11 is 0. The molecule has 8 heteroatoms. The van der Waals surface area contributed by atoms with Crippen LogP contribution < -0.4 is 10.0 Å². The monoisotopic (exact) mass is 315 g/mol. The average molecular weight is 315 g/mol. The van der Waals surface area contributed by atoms with E-state index in [9.17, 15) is 18.5 Å². The highest BCUT2D eigenvalue weighted by Gasteiger charge is 2.21. The first-order valence-electron chi connectivity index (χ1n) is 6.88. The predicted molar refractivity (Wildman–Crippen MR) is 82.0 cm³/mol. The van der Waals surface area contributed by atoms with Crippen LogP contribution in [0.25, 0.3) is 0 Å². The highest BCUT2D eigenvalue weighted by Crippen LogP contribution is 2.25. The zero-order chi connectivity index (χ0) is 15.9. The Balaban J connectivity index is 2.90. The van der Waals surface area contributed by atoms with Gasteiger partial charge in [-0.15, -0.1) is 0 Å². The summed E-state index contributed by atoms with van der Waals surface area (Å²) in [6.45, 7) is 2.40. The van der Waals surface area contributed by atoms with Crippen LogP contribution in [0.1, 0.15) is 32.6 Å². The lowest BCUT2D eigenvalue weighted by Gasteiger charge is -2.11. The van der Waals surface area contributed by atoms with E-state index in [0.717, 1.165) is 31.7 Å². The van der Waals surface area contributed by atoms with E-state index >= 15 is 0 Å². The van der Waals surface area contributed by atoms with Gasteiger partial charge in [-0.25, -0.2) is 13.1 Å². The van der Waals surface area contributed by atoms with Gasteiger partial charge in [0.1, 0.15) is 4.90 Å². The molecule has 0 atom stereocenters. The number of anilines is 1. The number of hydrogen-bond donors (Lipinski definition) is 2. The molecule has 0 spiro atoms. The van der Waals surface area contributed by atoms with Gasteiger partial charge in [0.2, 0.25) is 10.0 Å². The van der Waals surface area contributed by atoms with Gasteiger partial charge in [0.15, 0.2) is 0 Å². The Labute approximate surface area is 124 Å². The third-order valence-electron chi connectivity index (χ3n) is 3.06. The van der Waals surface area contributed by atoms with Crippen LogP contribution in [0, 0.1) is 10.1 Å². The second-order valence-electron chi connectivity index (χ2n) is 4.65. The molecule has 1 aromatic carbocycles. The van der Waals surface area contributed by atoms with Gasteiger partial charge in [-0.2, -0.15) is 0 Å². The Hall–Kier alpha value is -1.67. The Kier molecular flexibility index (Phi) is 6.57. The zero-order valence-electron chi connectivity index (χ0n) is 12.3. The van der Waals surface area contributed by atoms with Crippen molar-refractivity contribution < 1.29 is 13.3 Å². The fourth-order valence-corrected chi connectivity index (χ4v) is 3.19. The summed E-state index contributed by atoms with van der Waals surface area (Å²) < 4.78 is 27.0. The van der Waals surface area contributed by atoms with Gasteiger partial charge in [0.05, 0.1) is 10.6 Å². The predicted octanol–water partition coefficient (Wildman–Crippen LogP) is 2.50. The van der Waals surface area contributed by atoms with Gasteiger partial charge in [0.25, 0.3) is 5.69 Å². The summed E-state index contributed by atoms with van der Waals surface area (Å²) in [7, 11) is -2.19. The topological polar surface area (TPSA) is 101 Å². The normalized spacial score (nSPS) is 11.3. The molecule has 0 aliphatic rings. The maximum Gasteiger partial charge on any atom is 0.270 e. The molecule has 0 amide bonds. The molecule has 1 aromatic rings. The SMILES string of the molecule is CCCCCCNS(=O)(=O)c1cc([N+](=O)[O-])ccc1NC. The van der Waals surface area contributed by atoms with Crippen molar-refractivity contribution in [2.45, 2.75) is 37.5 Å². The lowest BCUT2D eigenvalue weighted by Crippen LogP contribution is -2.25. The van der Waals surface area contributed by atoms with Gasteiger partial charge in [-0.05, 0) is 12.5 Å². The van der Waals surface area contributed by atoms with Crippen LogP contribution >= 0.6 is 0 Å². The molecular weight excluding hydrogens is 294 g/mol. The summed E-state index contributed by atoms with van der Waals surface area (Å²) in [5.41, 5.74) is 0.0852. The van der Waals surface area contributed by atoms with E-state index in [2.05, 4.69) is 17.0 Å². The molecule has 21 heavy (non-hydrogen) atoms. The standard InChI is InChI=1S/C13H21N3O4S/c1-3-4-5-6-9-15-21(19,20)13-10-11(16(17)18)7-8-12(13)14-2/h7-8,10,14-15H,3-6,9H2,1-2H3. The van der Waals surface area contributed by atoms with Crippen LogP contribution in [-0.2, 0) is 10.0 Å². The highest BCUT2D eigenvalue weighted by molar-refractivity contribution is 7.89. The van der Waals surface area contributed by atoms with E-state index in [-0.39, 0.29) is 10.6 Å². The molecule has 0 aliphatic heterocycles. The Morgan fingerprint density at radius 3 is 2.52 bits per heavy atom. The molecule has 0 fully saturated rings.